The number of hydrogen-bond donors (Lipinski definition) is 4. The molecule has 0 fully saturated rings. The molecule has 0 aromatic heterocycles. The molecule has 0 radical (unpaired) electrons. The van der Waals surface area contributed by atoms with E-state index in [0.717, 1.165) is 5.56 Å². The Kier molecular flexibility index (Phi) is 5.36. The summed E-state index contributed by atoms with van der Waals surface area (Å²) in [5, 5.41) is 23.0. The Balaban J connectivity index is 1.41. The van der Waals surface area contributed by atoms with Crippen LogP contribution in [0, 0.1) is 0 Å². The summed E-state index contributed by atoms with van der Waals surface area (Å²) in [6, 6.07) is 21.4. The van der Waals surface area contributed by atoms with Gasteiger partial charge in [-0.15, -0.1) is 0 Å². The normalized spacial score (nSPS) is 15.1. The van der Waals surface area contributed by atoms with Crippen molar-refractivity contribution in [3.8, 4) is 23.0 Å². The van der Waals surface area contributed by atoms with Crippen LogP contribution in [0.25, 0.3) is 0 Å². The van der Waals surface area contributed by atoms with Crippen LogP contribution in [0.2, 0.25) is 0 Å². The number of hydrogen-bond acceptors (Lipinski definition) is 7. The van der Waals surface area contributed by atoms with Gasteiger partial charge in [0, 0.05) is 46.1 Å². The van der Waals surface area contributed by atoms with Gasteiger partial charge in [0.15, 0.2) is 5.60 Å². The number of esters is 1. The molecule has 0 saturated heterocycles. The highest BCUT2D eigenvalue weighted by Gasteiger charge is 2.53. The summed E-state index contributed by atoms with van der Waals surface area (Å²) in [6.07, 6.45) is 0.649. The molecule has 2 aliphatic heterocycles. The lowest BCUT2D eigenvalue weighted by atomic mass is 9.77. The molecule has 0 aliphatic carbocycles. The molecular weight excluding hydrogens is 484 g/mol. The van der Waals surface area contributed by atoms with E-state index in [1.807, 2.05) is 19.1 Å². The molecule has 38 heavy (non-hydrogen) atoms. The fraction of sp³-hybridized carbons (Fsp3) is 0.133. The topological polar surface area (TPSA) is 131 Å². The maximum Gasteiger partial charge on any atom is 0.340 e. The summed E-state index contributed by atoms with van der Waals surface area (Å²) < 4.78 is 12.0. The van der Waals surface area contributed by atoms with Crippen LogP contribution in [0.15, 0.2) is 78.9 Å². The zero-order valence-electron chi connectivity index (χ0n) is 20.4. The van der Waals surface area contributed by atoms with E-state index >= 15 is 0 Å². The van der Waals surface area contributed by atoms with Crippen LogP contribution in [-0.4, -0.2) is 28.1 Å². The Morgan fingerprint density at radius 3 is 2.24 bits per heavy atom. The number of carbonyl (C=O) groups excluding carboxylic acids is 2. The Morgan fingerprint density at radius 2 is 1.58 bits per heavy atom. The number of anilines is 1. The maximum atomic E-state index is 13.3. The van der Waals surface area contributed by atoms with E-state index in [2.05, 4.69) is 5.32 Å². The van der Waals surface area contributed by atoms with Crippen LogP contribution in [0.5, 0.6) is 23.0 Å². The van der Waals surface area contributed by atoms with Crippen molar-refractivity contribution in [2.24, 2.45) is 5.73 Å². The Hall–Kier alpha value is -4.82. The van der Waals surface area contributed by atoms with E-state index in [1.54, 1.807) is 42.5 Å². The predicted molar refractivity (Wildman–Crippen MR) is 140 cm³/mol. The van der Waals surface area contributed by atoms with Gasteiger partial charge in [-0.25, -0.2) is 4.79 Å². The van der Waals surface area contributed by atoms with Gasteiger partial charge in [-0.3, -0.25) is 4.79 Å². The highest BCUT2D eigenvalue weighted by atomic mass is 16.6. The fourth-order valence-corrected chi connectivity index (χ4v) is 5.20. The zero-order valence-corrected chi connectivity index (χ0v) is 20.4. The summed E-state index contributed by atoms with van der Waals surface area (Å²) in [5.74, 6) is -0.328. The van der Waals surface area contributed by atoms with Gasteiger partial charge in [-0.1, -0.05) is 18.2 Å². The van der Waals surface area contributed by atoms with E-state index in [0.29, 0.717) is 45.9 Å². The van der Waals surface area contributed by atoms with Gasteiger partial charge < -0.3 is 30.7 Å². The molecule has 1 atom stereocenters. The van der Waals surface area contributed by atoms with Crippen molar-refractivity contribution in [3.63, 3.8) is 0 Å². The number of fused-ring (bicyclic) bond motifs is 6. The van der Waals surface area contributed by atoms with E-state index in [9.17, 15) is 19.8 Å². The summed E-state index contributed by atoms with van der Waals surface area (Å²) >= 11 is 0. The molecule has 4 aromatic carbocycles. The van der Waals surface area contributed by atoms with Crippen LogP contribution in [-0.2, 0) is 16.8 Å². The highest BCUT2D eigenvalue weighted by Crippen LogP contribution is 2.57. The van der Waals surface area contributed by atoms with Crippen molar-refractivity contribution >= 4 is 17.6 Å². The van der Waals surface area contributed by atoms with Crippen LogP contribution >= 0.6 is 0 Å². The van der Waals surface area contributed by atoms with Crippen LogP contribution < -0.4 is 15.8 Å². The van der Waals surface area contributed by atoms with E-state index in [-0.39, 0.29) is 29.0 Å². The lowest BCUT2D eigenvalue weighted by molar-refractivity contribution is 0.0224. The standard InChI is InChI=1S/C30H24N2O6/c1-16(31)11-17-3-2-4-18(12-17)28(35)32-19-5-8-23-22(13-19)29(36)38-30(23)24-9-6-20(33)14-26(24)37-27-15-21(34)7-10-25(27)30/h2-10,12-16,33-34H,11,31H2,1H3,(H,32,35)/t16-/m1/s1. The van der Waals surface area contributed by atoms with Gasteiger partial charge in [-0.05, 0) is 67.4 Å². The molecule has 2 heterocycles. The summed E-state index contributed by atoms with van der Waals surface area (Å²) in [4.78, 5) is 26.3. The third-order valence-corrected chi connectivity index (χ3v) is 6.78. The van der Waals surface area contributed by atoms with Gasteiger partial charge in [-0.2, -0.15) is 0 Å². The molecule has 8 heteroatoms. The van der Waals surface area contributed by atoms with Crippen molar-refractivity contribution in [2.75, 3.05) is 5.32 Å². The van der Waals surface area contributed by atoms with Gasteiger partial charge in [0.05, 0.1) is 5.56 Å². The van der Waals surface area contributed by atoms with Crippen molar-refractivity contribution in [3.05, 3.63) is 112 Å². The quantitative estimate of drug-likeness (QED) is 0.291. The highest BCUT2D eigenvalue weighted by molar-refractivity contribution is 6.05. The molecule has 0 unspecified atom stereocenters. The number of aromatic hydroxyl groups is 2. The van der Waals surface area contributed by atoms with Crippen molar-refractivity contribution in [1.82, 2.24) is 0 Å². The Labute approximate surface area is 218 Å². The molecule has 0 bridgehead atoms. The fourth-order valence-electron chi connectivity index (χ4n) is 5.20. The first kappa shape index (κ1) is 23.6. The number of carbonyl (C=O) groups is 2. The second-order valence-corrected chi connectivity index (χ2v) is 9.63. The number of ether oxygens (including phenoxy) is 2. The van der Waals surface area contributed by atoms with Gasteiger partial charge in [0.25, 0.3) is 5.91 Å². The van der Waals surface area contributed by atoms with Crippen LogP contribution in [0.4, 0.5) is 5.69 Å². The van der Waals surface area contributed by atoms with Crippen molar-refractivity contribution in [1.29, 1.82) is 0 Å². The third kappa shape index (κ3) is 3.74. The Morgan fingerprint density at radius 1 is 0.921 bits per heavy atom. The maximum absolute atomic E-state index is 13.3. The third-order valence-electron chi connectivity index (χ3n) is 6.78. The second kappa shape index (κ2) is 8.64. The number of nitrogens with two attached hydrogens (primary N) is 1. The second-order valence-electron chi connectivity index (χ2n) is 9.63. The average Bonchev–Trinajstić information content (AvgIpc) is 3.15. The van der Waals surface area contributed by atoms with Gasteiger partial charge in [0.1, 0.15) is 23.0 Å². The van der Waals surface area contributed by atoms with E-state index < -0.39 is 11.6 Å². The molecule has 5 N–H and O–H groups in total. The number of nitrogens with one attached hydrogen (secondary N) is 1. The molecule has 2 aliphatic rings. The number of rotatable bonds is 4. The van der Waals surface area contributed by atoms with Gasteiger partial charge >= 0.3 is 5.97 Å². The average molecular weight is 509 g/mol. The lowest BCUT2D eigenvalue weighted by Gasteiger charge is -2.36. The van der Waals surface area contributed by atoms with Crippen molar-refractivity contribution in [2.45, 2.75) is 25.0 Å². The molecular formula is C30H24N2O6. The Bertz CT molecular complexity index is 1580. The lowest BCUT2D eigenvalue weighted by Crippen LogP contribution is -2.32. The molecule has 4 aromatic rings. The SMILES string of the molecule is C[C@@H](N)Cc1cccc(C(=O)Nc2ccc3c(c2)C(=O)OC32c3ccc(O)cc3Oc3cc(O)ccc32)c1. The van der Waals surface area contributed by atoms with Gasteiger partial charge in [0.2, 0.25) is 0 Å². The van der Waals surface area contributed by atoms with E-state index in [1.165, 1.54) is 24.3 Å². The van der Waals surface area contributed by atoms with Crippen molar-refractivity contribution < 1.29 is 29.3 Å². The predicted octanol–water partition coefficient (Wildman–Crippen LogP) is 4.81. The molecule has 8 nitrogen and oxygen atoms in total. The molecule has 1 spiro atoms. The minimum atomic E-state index is -1.35. The minimum Gasteiger partial charge on any atom is -0.508 e. The number of amides is 1. The molecule has 6 rings (SSSR count). The molecule has 1 amide bonds. The summed E-state index contributed by atoms with van der Waals surface area (Å²) in [6.45, 7) is 1.91. The summed E-state index contributed by atoms with van der Waals surface area (Å²) in [5.41, 5.74) is 8.32. The van der Waals surface area contributed by atoms with Crippen LogP contribution in [0.1, 0.15) is 49.9 Å². The largest absolute Gasteiger partial charge is 0.508 e. The number of benzene rings is 4. The first-order valence-electron chi connectivity index (χ1n) is 12.1. The summed E-state index contributed by atoms with van der Waals surface area (Å²) in [7, 11) is 0. The molecule has 190 valence electrons. The monoisotopic (exact) mass is 508 g/mol. The first-order valence-corrected chi connectivity index (χ1v) is 12.1. The molecule has 0 saturated carbocycles. The first-order chi connectivity index (χ1) is 18.2. The number of phenols is 2. The minimum absolute atomic E-state index is 0.0184. The smallest absolute Gasteiger partial charge is 0.340 e. The zero-order chi connectivity index (χ0) is 26.6. The number of phenolic OH excluding ortho intramolecular Hbond substituents is 2. The van der Waals surface area contributed by atoms with Crippen LogP contribution in [0.3, 0.4) is 0 Å². The van der Waals surface area contributed by atoms with E-state index in [4.69, 9.17) is 15.2 Å².